The molecule has 3 nitrogen and oxygen atoms in total. The summed E-state index contributed by atoms with van der Waals surface area (Å²) < 4.78 is 0. The van der Waals surface area contributed by atoms with Gasteiger partial charge in [0, 0.05) is 10.6 Å². The molecule has 3 aromatic rings. The number of anilines is 1. The quantitative estimate of drug-likeness (QED) is 0.665. The van der Waals surface area contributed by atoms with E-state index in [0.717, 1.165) is 10.3 Å². The fraction of sp³-hybridized carbons (Fsp3) is 0.0526. The standard InChI is InChI=1S/C19H13ClN2OS/c20-18-10-16(7-5-15(18)11-21)22-19(23)12-24-17-8-6-13-3-1-2-4-14(13)9-17/h1-10H,12H2,(H,22,23). The van der Waals surface area contributed by atoms with Gasteiger partial charge in [0.05, 0.1) is 16.3 Å². The van der Waals surface area contributed by atoms with Crippen LogP contribution in [0.25, 0.3) is 10.8 Å². The Labute approximate surface area is 149 Å². The van der Waals surface area contributed by atoms with Crippen LogP contribution in [-0.4, -0.2) is 11.7 Å². The number of carbonyl (C=O) groups excluding carboxylic acids is 1. The van der Waals surface area contributed by atoms with Gasteiger partial charge in [-0.2, -0.15) is 5.26 Å². The summed E-state index contributed by atoms with van der Waals surface area (Å²) in [5.41, 5.74) is 0.975. The summed E-state index contributed by atoms with van der Waals surface area (Å²) >= 11 is 7.44. The molecule has 1 N–H and O–H groups in total. The zero-order valence-corrected chi connectivity index (χ0v) is 14.2. The van der Waals surface area contributed by atoms with Crippen LogP contribution in [-0.2, 0) is 4.79 Å². The zero-order chi connectivity index (χ0) is 16.9. The highest BCUT2D eigenvalue weighted by Crippen LogP contribution is 2.24. The number of fused-ring (bicyclic) bond motifs is 1. The Morgan fingerprint density at radius 1 is 1.08 bits per heavy atom. The van der Waals surface area contributed by atoms with Gasteiger partial charge < -0.3 is 5.32 Å². The van der Waals surface area contributed by atoms with Gasteiger partial charge in [0.25, 0.3) is 0 Å². The third kappa shape index (κ3) is 3.88. The van der Waals surface area contributed by atoms with E-state index in [1.54, 1.807) is 18.2 Å². The first-order valence-corrected chi connectivity index (χ1v) is 8.63. The number of hydrogen-bond acceptors (Lipinski definition) is 3. The Bertz CT molecular complexity index is 949. The molecule has 0 aliphatic carbocycles. The van der Waals surface area contributed by atoms with Crippen molar-refractivity contribution < 1.29 is 4.79 Å². The van der Waals surface area contributed by atoms with E-state index in [9.17, 15) is 4.79 Å². The third-order valence-electron chi connectivity index (χ3n) is 3.46. The molecule has 5 heteroatoms. The van der Waals surface area contributed by atoms with Crippen molar-refractivity contribution in [3.8, 4) is 6.07 Å². The van der Waals surface area contributed by atoms with Crippen molar-refractivity contribution in [3.05, 3.63) is 71.2 Å². The number of benzene rings is 3. The van der Waals surface area contributed by atoms with E-state index in [1.165, 1.54) is 17.1 Å². The van der Waals surface area contributed by atoms with Crippen LogP contribution < -0.4 is 5.32 Å². The van der Waals surface area contributed by atoms with Crippen molar-refractivity contribution in [1.82, 2.24) is 0 Å². The molecule has 0 heterocycles. The average molecular weight is 353 g/mol. The smallest absolute Gasteiger partial charge is 0.234 e. The molecule has 3 aromatic carbocycles. The lowest BCUT2D eigenvalue weighted by Crippen LogP contribution is -2.13. The van der Waals surface area contributed by atoms with Crippen LogP contribution in [0.1, 0.15) is 5.56 Å². The Morgan fingerprint density at radius 2 is 1.88 bits per heavy atom. The van der Waals surface area contributed by atoms with Crippen molar-refractivity contribution in [2.45, 2.75) is 4.90 Å². The number of nitrogens with zero attached hydrogens (tertiary/aromatic N) is 1. The van der Waals surface area contributed by atoms with E-state index in [-0.39, 0.29) is 5.91 Å². The SMILES string of the molecule is N#Cc1ccc(NC(=O)CSc2ccc3ccccc3c2)cc1Cl. The van der Waals surface area contributed by atoms with Crippen molar-refractivity contribution >= 4 is 45.7 Å². The second kappa shape index (κ2) is 7.39. The maximum Gasteiger partial charge on any atom is 0.234 e. The van der Waals surface area contributed by atoms with Crippen LogP contribution in [0.4, 0.5) is 5.69 Å². The number of amides is 1. The lowest BCUT2D eigenvalue weighted by molar-refractivity contribution is -0.113. The maximum absolute atomic E-state index is 12.1. The van der Waals surface area contributed by atoms with Gasteiger partial charge in [0.15, 0.2) is 0 Å². The second-order valence-electron chi connectivity index (χ2n) is 5.15. The highest BCUT2D eigenvalue weighted by atomic mass is 35.5. The Hall–Kier alpha value is -2.48. The summed E-state index contributed by atoms with van der Waals surface area (Å²) in [6, 6.07) is 21.1. The zero-order valence-electron chi connectivity index (χ0n) is 12.6. The maximum atomic E-state index is 12.1. The van der Waals surface area contributed by atoms with Crippen LogP contribution in [0.2, 0.25) is 5.02 Å². The molecule has 0 aromatic heterocycles. The van der Waals surface area contributed by atoms with E-state index < -0.39 is 0 Å². The number of thioether (sulfide) groups is 1. The van der Waals surface area contributed by atoms with Gasteiger partial charge in [-0.1, -0.05) is 41.9 Å². The summed E-state index contributed by atoms with van der Waals surface area (Å²) in [7, 11) is 0. The van der Waals surface area contributed by atoms with E-state index in [2.05, 4.69) is 29.6 Å². The van der Waals surface area contributed by atoms with Gasteiger partial charge in [-0.25, -0.2) is 0 Å². The summed E-state index contributed by atoms with van der Waals surface area (Å²) in [6.07, 6.45) is 0. The highest BCUT2D eigenvalue weighted by molar-refractivity contribution is 8.00. The lowest BCUT2D eigenvalue weighted by atomic mass is 10.1. The minimum Gasteiger partial charge on any atom is -0.325 e. The van der Waals surface area contributed by atoms with E-state index in [0.29, 0.717) is 22.0 Å². The number of hydrogen-bond donors (Lipinski definition) is 1. The molecule has 0 bridgehead atoms. The fourth-order valence-electron chi connectivity index (χ4n) is 2.29. The summed E-state index contributed by atoms with van der Waals surface area (Å²) in [4.78, 5) is 13.1. The van der Waals surface area contributed by atoms with E-state index >= 15 is 0 Å². The van der Waals surface area contributed by atoms with Gasteiger partial charge in [-0.05, 0) is 41.1 Å². The Balaban J connectivity index is 1.62. The largest absolute Gasteiger partial charge is 0.325 e. The van der Waals surface area contributed by atoms with Gasteiger partial charge in [-0.15, -0.1) is 11.8 Å². The molecule has 0 saturated heterocycles. The van der Waals surface area contributed by atoms with Gasteiger partial charge >= 0.3 is 0 Å². The fourth-order valence-corrected chi connectivity index (χ4v) is 3.25. The normalized spacial score (nSPS) is 10.3. The number of rotatable bonds is 4. The highest BCUT2D eigenvalue weighted by Gasteiger charge is 2.06. The van der Waals surface area contributed by atoms with Gasteiger partial charge in [0.2, 0.25) is 5.91 Å². The molecule has 0 unspecified atom stereocenters. The van der Waals surface area contributed by atoms with E-state index in [4.69, 9.17) is 16.9 Å². The molecule has 0 radical (unpaired) electrons. The molecular formula is C19H13ClN2OS. The van der Waals surface area contributed by atoms with Crippen LogP contribution in [0.3, 0.4) is 0 Å². The van der Waals surface area contributed by atoms with Crippen molar-refractivity contribution in [3.63, 3.8) is 0 Å². The number of nitriles is 1. The van der Waals surface area contributed by atoms with Crippen LogP contribution >= 0.6 is 23.4 Å². The van der Waals surface area contributed by atoms with Crippen LogP contribution in [0.15, 0.2) is 65.6 Å². The first-order chi connectivity index (χ1) is 11.7. The summed E-state index contributed by atoms with van der Waals surface area (Å²) in [6.45, 7) is 0. The van der Waals surface area contributed by atoms with Crippen molar-refractivity contribution in [2.24, 2.45) is 0 Å². The molecule has 1 amide bonds. The molecule has 0 aliphatic rings. The Morgan fingerprint density at radius 3 is 2.62 bits per heavy atom. The number of halogens is 1. The summed E-state index contributed by atoms with van der Waals surface area (Å²) in [5.74, 6) is 0.185. The minimum absolute atomic E-state index is 0.117. The molecule has 24 heavy (non-hydrogen) atoms. The predicted molar refractivity (Wildman–Crippen MR) is 99.5 cm³/mol. The summed E-state index contributed by atoms with van der Waals surface area (Å²) in [5, 5.41) is 14.3. The lowest BCUT2D eigenvalue weighted by Gasteiger charge is -2.07. The topological polar surface area (TPSA) is 52.9 Å². The Kier molecular flexibility index (Phi) is 5.05. The minimum atomic E-state index is -0.117. The van der Waals surface area contributed by atoms with E-state index in [1.807, 2.05) is 24.3 Å². The molecule has 118 valence electrons. The average Bonchev–Trinajstić information content (AvgIpc) is 2.60. The van der Waals surface area contributed by atoms with Crippen molar-refractivity contribution in [2.75, 3.05) is 11.1 Å². The molecule has 0 aliphatic heterocycles. The first-order valence-electron chi connectivity index (χ1n) is 7.27. The molecule has 0 fully saturated rings. The van der Waals surface area contributed by atoms with Crippen LogP contribution in [0, 0.1) is 11.3 Å². The van der Waals surface area contributed by atoms with Gasteiger partial charge in [0.1, 0.15) is 6.07 Å². The molecule has 0 atom stereocenters. The molecule has 0 saturated carbocycles. The van der Waals surface area contributed by atoms with Crippen LogP contribution in [0.5, 0.6) is 0 Å². The number of carbonyl (C=O) groups is 1. The first kappa shape index (κ1) is 16.4. The monoisotopic (exact) mass is 352 g/mol. The van der Waals surface area contributed by atoms with Gasteiger partial charge in [-0.3, -0.25) is 4.79 Å². The number of nitrogens with one attached hydrogen (secondary N) is 1. The molecule has 3 rings (SSSR count). The molecular weight excluding hydrogens is 340 g/mol. The molecule has 0 spiro atoms. The predicted octanol–water partition coefficient (Wildman–Crippen LogP) is 5.10. The third-order valence-corrected chi connectivity index (χ3v) is 4.77. The van der Waals surface area contributed by atoms with Crippen molar-refractivity contribution in [1.29, 1.82) is 5.26 Å². The second-order valence-corrected chi connectivity index (χ2v) is 6.61.